The van der Waals surface area contributed by atoms with Crippen molar-refractivity contribution in [1.29, 1.82) is 0 Å². The Morgan fingerprint density at radius 2 is 1.39 bits per heavy atom. The Morgan fingerprint density at radius 3 is 1.94 bits per heavy atom. The first-order valence-electron chi connectivity index (χ1n) is 26.8. The summed E-state index contributed by atoms with van der Waals surface area (Å²) in [5.41, 5.74) is -2.57. The molecule has 0 aromatic carbocycles. The number of carbonyl (C=O) groups is 1. The van der Waals surface area contributed by atoms with Crippen LogP contribution < -0.4 is 34.7 Å². The van der Waals surface area contributed by atoms with E-state index in [1.54, 1.807) is 35.0 Å². The van der Waals surface area contributed by atoms with Crippen molar-refractivity contribution in [1.82, 2.24) is 0 Å². The zero-order chi connectivity index (χ0) is 52.2. The summed E-state index contributed by atoms with van der Waals surface area (Å²) < 4.78 is 78.0. The predicted octanol–water partition coefficient (Wildman–Crippen LogP) is 1.30. The van der Waals surface area contributed by atoms with Gasteiger partial charge < -0.3 is 87.2 Å². The molecule has 7 aliphatic rings. The third kappa shape index (κ3) is 13.0. The van der Waals surface area contributed by atoms with Gasteiger partial charge in [0.25, 0.3) is 0 Å². The fourth-order valence-corrected chi connectivity index (χ4v) is 13.2. The zero-order valence-corrected chi connectivity index (χ0v) is 48.1. The quantitative estimate of drug-likeness (QED) is 0.142. The molecule has 0 aromatic rings. The van der Waals surface area contributed by atoms with Gasteiger partial charge in [-0.1, -0.05) is 34.6 Å². The van der Waals surface area contributed by atoms with E-state index < -0.39 is 132 Å². The van der Waals surface area contributed by atoms with E-state index in [-0.39, 0.29) is 72.2 Å². The molecular weight excluding hydrogens is 948 g/mol. The van der Waals surface area contributed by atoms with Crippen LogP contribution in [-0.4, -0.2) is 174 Å². The van der Waals surface area contributed by atoms with Crippen molar-refractivity contribution in [3.63, 3.8) is 0 Å². The molecule has 0 saturated carbocycles. The van der Waals surface area contributed by atoms with Crippen molar-refractivity contribution in [2.45, 2.75) is 280 Å². The van der Waals surface area contributed by atoms with E-state index in [0.717, 1.165) is 6.42 Å². The number of carboxylic acids is 1. The number of carbonyl (C=O) groups excluding carboxylic acids is 1. The third-order valence-corrected chi connectivity index (χ3v) is 18.3. The van der Waals surface area contributed by atoms with E-state index in [9.17, 15) is 30.3 Å². The summed E-state index contributed by atoms with van der Waals surface area (Å²) in [5, 5.41) is 58.6. The molecular formula is C53H91NaO18. The maximum Gasteiger partial charge on any atom is 1.00 e. The molecule has 19 heteroatoms. The molecule has 0 amide bonds. The molecule has 7 fully saturated rings. The Morgan fingerprint density at radius 1 is 0.778 bits per heavy atom. The van der Waals surface area contributed by atoms with Crippen molar-refractivity contribution in [2.75, 3.05) is 21.3 Å². The van der Waals surface area contributed by atoms with Crippen LogP contribution in [0.4, 0.5) is 0 Å². The van der Waals surface area contributed by atoms with Gasteiger partial charge in [-0.3, -0.25) is 0 Å². The summed E-state index contributed by atoms with van der Waals surface area (Å²) in [6.07, 6.45) is -3.24. The van der Waals surface area contributed by atoms with Crippen molar-refractivity contribution >= 4 is 5.97 Å². The number of hydrogen-bond donors (Lipinski definition) is 4. The van der Waals surface area contributed by atoms with Crippen LogP contribution in [0.3, 0.4) is 0 Å². The van der Waals surface area contributed by atoms with E-state index >= 15 is 0 Å². The van der Waals surface area contributed by atoms with Gasteiger partial charge in [0.05, 0.1) is 90.1 Å². The molecule has 412 valence electrons. The molecule has 18 nitrogen and oxygen atoms in total. The fraction of sp³-hybridized carbons (Fsp3) is 0.981. The number of methoxy groups -OCH3 is 3. The van der Waals surface area contributed by atoms with E-state index in [2.05, 4.69) is 6.92 Å². The van der Waals surface area contributed by atoms with Gasteiger partial charge in [-0.25, -0.2) is 0 Å². The summed E-state index contributed by atoms with van der Waals surface area (Å²) in [6.45, 7) is 21.0. The second-order valence-electron chi connectivity index (χ2n) is 23.9. The molecule has 7 rings (SSSR count). The third-order valence-electron chi connectivity index (χ3n) is 18.3. The van der Waals surface area contributed by atoms with Crippen LogP contribution in [0.25, 0.3) is 0 Å². The minimum Gasteiger partial charge on any atom is -0.550 e. The molecule has 0 aliphatic carbocycles. The van der Waals surface area contributed by atoms with Gasteiger partial charge in [0.1, 0.15) is 12.2 Å². The normalized spacial score (nSPS) is 47.7. The van der Waals surface area contributed by atoms with Gasteiger partial charge in [-0.2, -0.15) is 0 Å². The molecule has 1 spiro atoms. The first-order valence-corrected chi connectivity index (χ1v) is 26.8. The summed E-state index contributed by atoms with van der Waals surface area (Å²) in [4.78, 5) is 12.2. The Labute approximate surface area is 451 Å². The average Bonchev–Trinajstić information content (AvgIpc) is 4.01. The van der Waals surface area contributed by atoms with Gasteiger partial charge in [0.2, 0.25) is 0 Å². The number of aliphatic hydroxyl groups excluding tert-OH is 2. The minimum absolute atomic E-state index is 0. The molecule has 0 unspecified atom stereocenters. The van der Waals surface area contributed by atoms with Crippen LogP contribution >= 0.6 is 0 Å². The minimum atomic E-state index is -2.19. The van der Waals surface area contributed by atoms with Gasteiger partial charge in [-0.05, 0) is 91.9 Å². The Bertz CT molecular complexity index is 1760. The number of aliphatic carboxylic acids is 1. The van der Waals surface area contributed by atoms with Crippen LogP contribution in [0.1, 0.15) is 153 Å². The Balaban J connectivity index is 0.00000847. The average molecular weight is 1040 g/mol. The van der Waals surface area contributed by atoms with Crippen LogP contribution in [0.5, 0.6) is 0 Å². The number of ether oxygens (including phenoxy) is 12. The molecule has 7 saturated heterocycles. The molecule has 72 heavy (non-hydrogen) atoms. The SMILES string of the molecule is CO[C@@H]1[C@@H](O[C@H]2CC[C@H](OC)[C@@H](C)O2)[C@H](C)[C@@](O)(CC(=O)[O-])O[C@H]1[C@H](C)[C@H]1O[C@@]2(CC[C@@](C)([C@H]3CC[C@@](C)([C@@H]4O[C@@H]([C@@H](O)[C@@H](C)C[C@@H](C)C(C)(C)O)C[C@@H]4O[C@H]4CC[C@H](OC)[C@@H](C)O4)O3)O2)C[C@H](O)[C@H]1C.[Na+]. The monoisotopic (exact) mass is 1040 g/mol. The summed E-state index contributed by atoms with van der Waals surface area (Å²) in [7, 11) is 4.86. The molecule has 4 N–H and O–H groups in total. The topological polar surface area (TPSA) is 232 Å². The fourth-order valence-electron chi connectivity index (χ4n) is 13.2. The van der Waals surface area contributed by atoms with E-state index in [0.29, 0.717) is 57.8 Å². The van der Waals surface area contributed by atoms with Crippen molar-refractivity contribution in [2.24, 2.45) is 29.6 Å². The number of rotatable bonds is 18. The van der Waals surface area contributed by atoms with Crippen molar-refractivity contribution in [3.8, 4) is 0 Å². The van der Waals surface area contributed by atoms with Crippen LogP contribution in [0.2, 0.25) is 0 Å². The van der Waals surface area contributed by atoms with Crippen molar-refractivity contribution in [3.05, 3.63) is 0 Å². The first-order chi connectivity index (χ1) is 33.2. The molecule has 7 aliphatic heterocycles. The van der Waals surface area contributed by atoms with Gasteiger partial charge in [0.15, 0.2) is 24.2 Å². The summed E-state index contributed by atoms with van der Waals surface area (Å²) in [5.74, 6) is -6.98. The summed E-state index contributed by atoms with van der Waals surface area (Å²) in [6, 6.07) is 0. The maximum absolute atomic E-state index is 12.2. The van der Waals surface area contributed by atoms with Crippen molar-refractivity contribution < 1.29 is 117 Å². The van der Waals surface area contributed by atoms with Crippen LogP contribution in [0, 0.1) is 29.6 Å². The Hall–Kier alpha value is -0.170. The predicted molar refractivity (Wildman–Crippen MR) is 254 cm³/mol. The Kier molecular flexibility index (Phi) is 20.4. The number of hydrogen-bond acceptors (Lipinski definition) is 18. The summed E-state index contributed by atoms with van der Waals surface area (Å²) >= 11 is 0. The van der Waals surface area contributed by atoms with Gasteiger partial charge in [-0.15, -0.1) is 0 Å². The molecule has 0 aromatic heterocycles. The molecule has 0 radical (unpaired) electrons. The zero-order valence-electron chi connectivity index (χ0n) is 46.1. The van der Waals surface area contributed by atoms with Crippen LogP contribution in [-0.2, 0) is 61.6 Å². The van der Waals surface area contributed by atoms with E-state index in [1.807, 2.05) is 48.5 Å². The van der Waals surface area contributed by atoms with E-state index in [4.69, 9.17) is 56.8 Å². The maximum atomic E-state index is 12.2. The largest absolute Gasteiger partial charge is 1.00 e. The number of carboxylic acid groups (broad SMARTS) is 1. The number of aliphatic hydroxyl groups is 4. The van der Waals surface area contributed by atoms with E-state index in [1.165, 1.54) is 7.11 Å². The van der Waals surface area contributed by atoms with Gasteiger partial charge in [0, 0.05) is 83.6 Å². The van der Waals surface area contributed by atoms with Crippen LogP contribution in [0.15, 0.2) is 0 Å². The van der Waals surface area contributed by atoms with Gasteiger partial charge >= 0.3 is 29.6 Å². The smallest absolute Gasteiger partial charge is 0.550 e. The molecule has 25 atom stereocenters. The first kappa shape index (κ1) is 61.0. The standard InChI is InChI=1S/C53H92O18.Na/c1-27(23-28(2)49(8,9)58)43(57)37-24-38(65-41-17-15-35(60-12)32(6)63-41)48(66-37)51(11)20-19-39(68-51)50(10)21-22-52(71-50)25-34(54)29(3)44(69-52)30(4)45-47(62-14)46(31(5)53(59,70-45)26-40(55)56)67-42-18-16-36(61-13)33(7)64-42;/h27-39,41-48,54,57-59H,15-26H2,1-14H3,(H,55,56);/q;+1/p-1/t27-,28+,29+,30+,31-,32+,33+,34-,35-,36-,37+,38-,39+,41-,42-,43-,44-,45-,46-,47-,48+,50-,51-,52+,53+;/m0./s1. The second-order valence-corrected chi connectivity index (χ2v) is 23.9. The molecule has 0 bridgehead atoms. The second kappa shape index (κ2) is 24.1. The molecule has 7 heterocycles.